The Labute approximate surface area is 264 Å². The molecular weight excluding hydrogens is 627 g/mol. The van der Waals surface area contributed by atoms with Gasteiger partial charge in [-0.05, 0) is 72.2 Å². The maximum atomic E-state index is 14.9. The number of thiol groups is 1. The SMILES string of the molecule is COc1ccc(-c2cccc(-c3nn(-c4nc(C(=O)O)cs4)c(CC4CC4)c3Cc3ccc([SH+](N)=O)c(F)c3)c2)cc1Cl.[OH-]. The fourth-order valence-corrected chi connectivity index (χ4v) is 6.59. The molecule has 2 aromatic heterocycles. The summed E-state index contributed by atoms with van der Waals surface area (Å²) in [6.45, 7) is 0. The van der Waals surface area contributed by atoms with Crippen molar-refractivity contribution >= 4 is 39.9 Å². The zero-order valence-corrected chi connectivity index (χ0v) is 25.9. The summed E-state index contributed by atoms with van der Waals surface area (Å²) in [6.07, 6.45) is 3.22. The molecule has 2 heterocycles. The van der Waals surface area contributed by atoms with Crippen molar-refractivity contribution in [2.75, 3.05) is 7.11 Å². The van der Waals surface area contributed by atoms with Gasteiger partial charge < -0.3 is 15.3 Å². The first-order valence-electron chi connectivity index (χ1n) is 13.5. The van der Waals surface area contributed by atoms with Crippen LogP contribution in [0.4, 0.5) is 4.39 Å². The molecule has 0 radical (unpaired) electrons. The summed E-state index contributed by atoms with van der Waals surface area (Å²) in [5.74, 6) is -0.690. The van der Waals surface area contributed by atoms with Gasteiger partial charge in [-0.2, -0.15) is 5.10 Å². The molecule has 13 heteroatoms. The summed E-state index contributed by atoms with van der Waals surface area (Å²) >= 11 is 7.62. The zero-order chi connectivity index (χ0) is 30.2. The number of halogens is 2. The molecule has 1 fully saturated rings. The second-order valence-corrected chi connectivity index (χ2v) is 12.7. The second kappa shape index (κ2) is 13.0. The number of carbonyl (C=O) groups is 1. The lowest BCUT2D eigenvalue weighted by Crippen LogP contribution is -2.07. The first-order valence-corrected chi connectivity index (χ1v) is 16.0. The number of rotatable bonds is 10. The van der Waals surface area contributed by atoms with Crippen molar-refractivity contribution in [3.8, 4) is 33.3 Å². The lowest BCUT2D eigenvalue weighted by atomic mass is 9.95. The molecule has 3 aromatic carbocycles. The smallest absolute Gasteiger partial charge is 0.355 e. The maximum Gasteiger partial charge on any atom is 0.355 e. The fourth-order valence-electron chi connectivity index (χ4n) is 5.06. The highest BCUT2D eigenvalue weighted by Gasteiger charge is 2.29. The number of nitrogens with zero attached hydrogens (tertiary/aromatic N) is 3. The minimum atomic E-state index is -2.31. The van der Waals surface area contributed by atoms with E-state index in [0.717, 1.165) is 40.8 Å². The number of carboxylic acid groups (broad SMARTS) is 1. The Bertz CT molecular complexity index is 1890. The highest BCUT2D eigenvalue weighted by Crippen LogP contribution is 2.39. The number of hydrogen-bond acceptors (Lipinski definition) is 7. The molecule has 1 unspecified atom stereocenters. The van der Waals surface area contributed by atoms with Gasteiger partial charge >= 0.3 is 5.97 Å². The fraction of sp³-hybridized carbons (Fsp3) is 0.194. The minimum Gasteiger partial charge on any atom is -0.870 e. The van der Waals surface area contributed by atoms with Gasteiger partial charge in [-0.1, -0.05) is 46.1 Å². The van der Waals surface area contributed by atoms with Gasteiger partial charge in [0.2, 0.25) is 10.0 Å². The van der Waals surface area contributed by atoms with Crippen LogP contribution < -0.4 is 9.88 Å². The van der Waals surface area contributed by atoms with Crippen molar-refractivity contribution in [2.24, 2.45) is 11.1 Å². The molecule has 9 nitrogen and oxygen atoms in total. The molecule has 228 valence electrons. The summed E-state index contributed by atoms with van der Waals surface area (Å²) < 4.78 is 33.7. The van der Waals surface area contributed by atoms with E-state index in [1.807, 2.05) is 42.5 Å². The highest BCUT2D eigenvalue weighted by molar-refractivity contribution is 7.82. The maximum absolute atomic E-state index is 14.9. The van der Waals surface area contributed by atoms with Gasteiger partial charge in [0.1, 0.15) is 5.75 Å². The van der Waals surface area contributed by atoms with Crippen molar-refractivity contribution in [3.05, 3.63) is 99.4 Å². The van der Waals surface area contributed by atoms with Gasteiger partial charge in [0.05, 0.1) is 23.5 Å². The number of methoxy groups -OCH3 is 1. The van der Waals surface area contributed by atoms with Crippen LogP contribution in [-0.4, -0.2) is 38.4 Å². The molecule has 5 aromatic rings. The van der Waals surface area contributed by atoms with Gasteiger partial charge in [-0.15, -0.1) is 16.5 Å². The predicted octanol–water partition coefficient (Wildman–Crippen LogP) is 6.46. The van der Waals surface area contributed by atoms with E-state index in [1.165, 1.54) is 28.8 Å². The van der Waals surface area contributed by atoms with E-state index in [2.05, 4.69) is 4.98 Å². The van der Waals surface area contributed by atoms with Crippen LogP contribution >= 0.6 is 22.9 Å². The minimum absolute atomic E-state index is 0. The first-order chi connectivity index (χ1) is 20.7. The molecule has 0 aliphatic heterocycles. The van der Waals surface area contributed by atoms with E-state index >= 15 is 0 Å². The van der Waals surface area contributed by atoms with Gasteiger partial charge in [0, 0.05) is 22.9 Å². The number of hydrogen-bond donors (Lipinski definition) is 2. The van der Waals surface area contributed by atoms with Crippen molar-refractivity contribution < 1.29 is 28.7 Å². The quantitative estimate of drug-likeness (QED) is 0.130. The summed E-state index contributed by atoms with van der Waals surface area (Å²) in [5, 5.41) is 22.4. The van der Waals surface area contributed by atoms with Crippen LogP contribution in [0.3, 0.4) is 0 Å². The molecule has 0 bridgehead atoms. The molecule has 1 aliphatic carbocycles. The third-order valence-corrected chi connectivity index (χ3v) is 9.36. The zero-order valence-electron chi connectivity index (χ0n) is 23.4. The van der Waals surface area contributed by atoms with Crippen LogP contribution in [-0.2, 0) is 28.0 Å². The third kappa shape index (κ3) is 6.44. The molecule has 0 amide bonds. The van der Waals surface area contributed by atoms with Gasteiger partial charge in [-0.25, -0.2) is 18.9 Å². The van der Waals surface area contributed by atoms with Gasteiger partial charge in [-0.3, -0.25) is 0 Å². The van der Waals surface area contributed by atoms with Crippen LogP contribution in [0.1, 0.15) is 40.2 Å². The van der Waals surface area contributed by atoms with Crippen LogP contribution in [0, 0.1) is 11.7 Å². The first kappa shape index (κ1) is 31.5. The van der Waals surface area contributed by atoms with Crippen molar-refractivity contribution in [1.29, 1.82) is 0 Å². The Morgan fingerprint density at radius 2 is 1.91 bits per heavy atom. The Morgan fingerprint density at radius 1 is 1.16 bits per heavy atom. The van der Waals surface area contributed by atoms with Crippen LogP contribution in [0.15, 0.2) is 70.9 Å². The normalized spacial score (nSPS) is 13.4. The van der Waals surface area contributed by atoms with Gasteiger partial charge in [0.25, 0.3) is 0 Å². The highest BCUT2D eigenvalue weighted by atomic mass is 35.5. The van der Waals surface area contributed by atoms with E-state index in [9.17, 15) is 18.5 Å². The van der Waals surface area contributed by atoms with Crippen molar-refractivity contribution in [3.63, 3.8) is 0 Å². The Kier molecular flexibility index (Phi) is 9.28. The van der Waals surface area contributed by atoms with E-state index in [-0.39, 0.29) is 16.1 Å². The van der Waals surface area contributed by atoms with E-state index in [1.54, 1.807) is 17.9 Å². The standard InChI is InChI=1S/C31H26ClFN4O4S2.H2O/c1-41-27-9-8-20(15-23(27)32)19-3-2-4-21(14-19)29-22(11-18-7-10-28(43(34)40)24(33)12-18)26(13-17-5-6-17)37(36-29)31-35-25(16-42-31)30(38)39;/h2-4,7-10,12,14-17H,5-6,11,13H2,1H3,(H2,34,40)(H,38,39);1H2. The van der Waals surface area contributed by atoms with Crippen LogP contribution in [0.5, 0.6) is 5.75 Å². The van der Waals surface area contributed by atoms with Gasteiger partial charge in [0.15, 0.2) is 22.5 Å². The molecule has 0 saturated heterocycles. The summed E-state index contributed by atoms with van der Waals surface area (Å²) in [5.41, 5.74) is 5.71. The number of ether oxygens (including phenoxy) is 1. The molecule has 1 aliphatic rings. The van der Waals surface area contributed by atoms with Crippen molar-refractivity contribution in [1.82, 2.24) is 14.8 Å². The lowest BCUT2D eigenvalue weighted by molar-refractivity contribution is 0.0691. The van der Waals surface area contributed by atoms with Crippen molar-refractivity contribution in [2.45, 2.75) is 30.6 Å². The second-order valence-electron chi connectivity index (χ2n) is 10.4. The average Bonchev–Trinajstić information content (AvgIpc) is 3.54. The number of aromatic nitrogens is 3. The monoisotopic (exact) mass is 654 g/mol. The van der Waals surface area contributed by atoms with E-state index < -0.39 is 22.8 Å². The average molecular weight is 655 g/mol. The summed E-state index contributed by atoms with van der Waals surface area (Å²) in [4.78, 5) is 15.9. The Morgan fingerprint density at radius 3 is 2.55 bits per heavy atom. The number of aromatic carboxylic acids is 1. The largest absolute Gasteiger partial charge is 0.870 e. The molecular formula is C31H28ClFN4O5S2. The number of benzene rings is 3. The lowest BCUT2D eigenvalue weighted by Gasteiger charge is -2.10. The van der Waals surface area contributed by atoms with Crippen LogP contribution in [0.25, 0.3) is 27.5 Å². The number of thiazole rings is 1. The summed E-state index contributed by atoms with van der Waals surface area (Å²) in [6, 6.07) is 18.0. The molecule has 1 atom stereocenters. The molecule has 4 N–H and O–H groups in total. The number of carboxylic acids is 1. The Balaban J connectivity index is 0.00000384. The Hall–Kier alpha value is -3.94. The molecule has 1 saturated carbocycles. The van der Waals surface area contributed by atoms with E-state index in [4.69, 9.17) is 26.6 Å². The summed E-state index contributed by atoms with van der Waals surface area (Å²) in [7, 11) is -0.749. The molecule has 44 heavy (non-hydrogen) atoms. The molecule has 6 rings (SSSR count). The molecule has 0 spiro atoms. The number of nitrogens with two attached hydrogens (primary N) is 1. The predicted molar refractivity (Wildman–Crippen MR) is 168 cm³/mol. The topological polar surface area (TPSA) is 150 Å². The third-order valence-electron chi connectivity index (χ3n) is 7.41. The van der Waals surface area contributed by atoms with E-state index in [0.29, 0.717) is 45.9 Å². The van der Waals surface area contributed by atoms with Crippen LogP contribution in [0.2, 0.25) is 5.02 Å².